The zero-order chi connectivity index (χ0) is 29.0. The molecule has 1 aliphatic rings. The Labute approximate surface area is 244 Å². The Morgan fingerprint density at radius 2 is 1.68 bits per heavy atom. The van der Waals surface area contributed by atoms with Crippen molar-refractivity contribution in [1.82, 2.24) is 9.62 Å². The number of halogens is 2. The van der Waals surface area contributed by atoms with Gasteiger partial charge in [-0.15, -0.1) is 0 Å². The monoisotopic (exact) mass is 604 g/mol. The molecule has 3 aromatic rings. The zero-order valence-electron chi connectivity index (χ0n) is 22.3. The van der Waals surface area contributed by atoms with Crippen LogP contribution in [0.4, 0.5) is 0 Å². The minimum absolute atomic E-state index is 0.100. The van der Waals surface area contributed by atoms with Crippen molar-refractivity contribution in [3.8, 4) is 16.9 Å². The third-order valence-corrected chi connectivity index (χ3v) is 9.27. The van der Waals surface area contributed by atoms with E-state index in [1.165, 1.54) is 25.3 Å². The summed E-state index contributed by atoms with van der Waals surface area (Å²) in [5.74, 6) is -0.769. The molecule has 8 nitrogen and oxygen atoms in total. The lowest BCUT2D eigenvalue weighted by atomic mass is 9.99. The summed E-state index contributed by atoms with van der Waals surface area (Å²) < 4.78 is 38.5. The lowest BCUT2D eigenvalue weighted by molar-refractivity contribution is -0.145. The van der Waals surface area contributed by atoms with Gasteiger partial charge < -0.3 is 14.8 Å². The highest BCUT2D eigenvalue weighted by Crippen LogP contribution is 2.33. The van der Waals surface area contributed by atoms with E-state index >= 15 is 0 Å². The quantitative estimate of drug-likeness (QED) is 0.346. The number of nitrogens with zero attached hydrogens (tertiary/aromatic N) is 1. The molecule has 3 aromatic carbocycles. The predicted molar refractivity (Wildman–Crippen MR) is 154 cm³/mol. The van der Waals surface area contributed by atoms with E-state index in [0.717, 1.165) is 26.7 Å². The van der Waals surface area contributed by atoms with Crippen molar-refractivity contribution in [2.24, 2.45) is 5.92 Å². The van der Waals surface area contributed by atoms with Crippen LogP contribution in [0.15, 0.2) is 71.6 Å². The standard InChI is InChI=1S/C29H30Cl2N2O6S/c1-18-12-13-33(40(36,37)23-16-21(30)15-22(31)17-23)27(18)28(34)32-25(29(35)39-3)14-19-8-10-20(11-9-19)24-6-4-5-7-26(24)38-2/h4-11,15-18,25,27H,12-14H2,1-3H3,(H,32,34)/t18-,25+,27+/m1/s1. The van der Waals surface area contributed by atoms with E-state index < -0.39 is 34.0 Å². The van der Waals surface area contributed by atoms with Gasteiger partial charge in [-0.2, -0.15) is 4.31 Å². The van der Waals surface area contributed by atoms with Crippen LogP contribution >= 0.6 is 23.2 Å². The Balaban J connectivity index is 1.54. The molecule has 1 N–H and O–H groups in total. The maximum absolute atomic E-state index is 13.5. The highest BCUT2D eigenvalue weighted by atomic mass is 35.5. The number of nitrogens with one attached hydrogen (secondary N) is 1. The molecule has 1 amide bonds. The highest BCUT2D eigenvalue weighted by Gasteiger charge is 2.44. The number of hydrogen-bond acceptors (Lipinski definition) is 6. The fourth-order valence-corrected chi connectivity index (χ4v) is 7.34. The van der Waals surface area contributed by atoms with Gasteiger partial charge in [0.25, 0.3) is 0 Å². The topological polar surface area (TPSA) is 102 Å². The molecule has 11 heteroatoms. The Kier molecular flexibility index (Phi) is 9.41. The van der Waals surface area contributed by atoms with Gasteiger partial charge in [-0.25, -0.2) is 13.2 Å². The van der Waals surface area contributed by atoms with Gasteiger partial charge in [-0.05, 0) is 47.7 Å². The molecule has 0 radical (unpaired) electrons. The van der Waals surface area contributed by atoms with Crippen LogP contribution in [0.25, 0.3) is 11.1 Å². The van der Waals surface area contributed by atoms with E-state index in [4.69, 9.17) is 32.7 Å². The second kappa shape index (κ2) is 12.6. The summed E-state index contributed by atoms with van der Waals surface area (Å²) in [4.78, 5) is 26.1. The molecule has 1 aliphatic heterocycles. The first-order valence-corrected chi connectivity index (χ1v) is 14.8. The molecular weight excluding hydrogens is 575 g/mol. The zero-order valence-corrected chi connectivity index (χ0v) is 24.6. The van der Waals surface area contributed by atoms with Crippen LogP contribution in [0.5, 0.6) is 5.75 Å². The third-order valence-electron chi connectivity index (χ3n) is 6.98. The van der Waals surface area contributed by atoms with E-state index in [0.29, 0.717) is 6.42 Å². The molecule has 0 aliphatic carbocycles. The van der Waals surface area contributed by atoms with Crippen LogP contribution in [-0.2, 0) is 30.8 Å². The summed E-state index contributed by atoms with van der Waals surface area (Å²) in [6.45, 7) is 1.94. The number of ether oxygens (including phenoxy) is 2. The molecule has 212 valence electrons. The van der Waals surface area contributed by atoms with Crippen LogP contribution < -0.4 is 10.1 Å². The molecule has 3 atom stereocenters. The number of rotatable bonds is 9. The summed E-state index contributed by atoms with van der Waals surface area (Å²) in [5, 5.41) is 3.07. The van der Waals surface area contributed by atoms with E-state index in [-0.39, 0.29) is 33.8 Å². The molecule has 0 unspecified atom stereocenters. The lowest BCUT2D eigenvalue weighted by Gasteiger charge is -2.27. The number of esters is 1. The van der Waals surface area contributed by atoms with Gasteiger partial charge in [0.2, 0.25) is 15.9 Å². The van der Waals surface area contributed by atoms with Gasteiger partial charge in [-0.3, -0.25) is 4.79 Å². The molecule has 4 rings (SSSR count). The van der Waals surface area contributed by atoms with Crippen molar-refractivity contribution < 1.29 is 27.5 Å². The fourth-order valence-electron chi connectivity index (χ4n) is 4.92. The summed E-state index contributed by atoms with van der Waals surface area (Å²) in [5.41, 5.74) is 2.64. The van der Waals surface area contributed by atoms with Gasteiger partial charge in [-0.1, -0.05) is 72.6 Å². The average molecular weight is 606 g/mol. The molecule has 0 saturated carbocycles. The molecule has 40 heavy (non-hydrogen) atoms. The second-order valence-corrected chi connectivity index (χ2v) is 12.4. The van der Waals surface area contributed by atoms with Crippen molar-refractivity contribution in [2.75, 3.05) is 20.8 Å². The van der Waals surface area contributed by atoms with E-state index in [1.807, 2.05) is 48.5 Å². The van der Waals surface area contributed by atoms with Crippen molar-refractivity contribution in [2.45, 2.75) is 36.7 Å². The van der Waals surface area contributed by atoms with Gasteiger partial charge in [0.15, 0.2) is 0 Å². The maximum Gasteiger partial charge on any atom is 0.328 e. The number of para-hydroxylation sites is 1. The van der Waals surface area contributed by atoms with Crippen LogP contribution in [-0.4, -0.2) is 57.4 Å². The second-order valence-electron chi connectivity index (χ2n) is 9.62. The minimum atomic E-state index is -4.09. The van der Waals surface area contributed by atoms with Crippen molar-refractivity contribution >= 4 is 45.1 Å². The molecule has 1 saturated heterocycles. The Hall–Kier alpha value is -3.11. The normalized spacial score (nSPS) is 18.2. The molecule has 0 aromatic heterocycles. The van der Waals surface area contributed by atoms with Crippen LogP contribution in [0.2, 0.25) is 10.0 Å². The van der Waals surface area contributed by atoms with Crippen molar-refractivity contribution in [3.05, 3.63) is 82.3 Å². The number of carbonyl (C=O) groups excluding carboxylic acids is 2. The van der Waals surface area contributed by atoms with Gasteiger partial charge in [0.05, 0.1) is 19.1 Å². The van der Waals surface area contributed by atoms with Crippen LogP contribution in [0.3, 0.4) is 0 Å². The molecule has 0 spiro atoms. The number of benzene rings is 3. The molecular formula is C29H30Cl2N2O6S. The highest BCUT2D eigenvalue weighted by molar-refractivity contribution is 7.89. The molecule has 1 fully saturated rings. The van der Waals surface area contributed by atoms with E-state index in [9.17, 15) is 18.0 Å². The Morgan fingerprint density at radius 1 is 1.02 bits per heavy atom. The predicted octanol–water partition coefficient (Wildman–Crippen LogP) is 4.97. The van der Waals surface area contributed by atoms with Crippen molar-refractivity contribution in [1.29, 1.82) is 0 Å². The smallest absolute Gasteiger partial charge is 0.328 e. The van der Waals surface area contributed by atoms with Crippen molar-refractivity contribution in [3.63, 3.8) is 0 Å². The fraction of sp³-hybridized carbons (Fsp3) is 0.310. The first kappa shape index (κ1) is 29.9. The first-order chi connectivity index (χ1) is 19.0. The van der Waals surface area contributed by atoms with Crippen LogP contribution in [0.1, 0.15) is 18.9 Å². The Bertz CT molecular complexity index is 1480. The van der Waals surface area contributed by atoms with Gasteiger partial charge in [0.1, 0.15) is 17.8 Å². The number of carbonyl (C=O) groups is 2. The number of hydrogen-bond donors (Lipinski definition) is 1. The number of amides is 1. The summed E-state index contributed by atoms with van der Waals surface area (Å²) in [6, 6.07) is 17.2. The summed E-state index contributed by atoms with van der Waals surface area (Å²) in [7, 11) is -1.24. The summed E-state index contributed by atoms with van der Waals surface area (Å²) >= 11 is 12.1. The number of methoxy groups -OCH3 is 2. The van der Waals surface area contributed by atoms with Gasteiger partial charge in [0, 0.05) is 28.6 Å². The van der Waals surface area contributed by atoms with Gasteiger partial charge >= 0.3 is 5.97 Å². The molecule has 0 bridgehead atoms. The Morgan fingerprint density at radius 3 is 2.30 bits per heavy atom. The lowest BCUT2D eigenvalue weighted by Crippen LogP contribution is -2.53. The molecule has 1 heterocycles. The summed E-state index contributed by atoms with van der Waals surface area (Å²) in [6.07, 6.45) is 0.626. The minimum Gasteiger partial charge on any atom is -0.496 e. The van der Waals surface area contributed by atoms with E-state index in [2.05, 4.69) is 5.32 Å². The maximum atomic E-state index is 13.5. The third kappa shape index (κ3) is 6.44. The van der Waals surface area contributed by atoms with E-state index in [1.54, 1.807) is 14.0 Å². The average Bonchev–Trinajstić information content (AvgIpc) is 3.34. The van der Waals surface area contributed by atoms with Crippen LogP contribution in [0, 0.1) is 5.92 Å². The SMILES string of the molecule is COC(=O)[C@H](Cc1ccc(-c2ccccc2OC)cc1)NC(=O)[C@@H]1[C@H](C)CCN1S(=O)(=O)c1cc(Cl)cc(Cl)c1. The first-order valence-electron chi connectivity index (χ1n) is 12.6. The largest absolute Gasteiger partial charge is 0.496 e. The number of sulfonamides is 1.